The highest BCUT2D eigenvalue weighted by atomic mass is 35.5. The molecule has 1 atom stereocenters. The molecule has 2 N–H and O–H groups in total. The Labute approximate surface area is 111 Å². The first kappa shape index (κ1) is 13.3. The van der Waals surface area contributed by atoms with Crippen molar-refractivity contribution in [3.8, 4) is 0 Å². The largest absolute Gasteiger partial charge is 0.386 e. The molecule has 1 aromatic rings. The summed E-state index contributed by atoms with van der Waals surface area (Å²) in [6.45, 7) is 2.78. The van der Waals surface area contributed by atoms with Gasteiger partial charge in [-0.25, -0.2) is 0 Å². The van der Waals surface area contributed by atoms with Gasteiger partial charge in [-0.3, -0.25) is 4.79 Å². The van der Waals surface area contributed by atoms with E-state index in [1.165, 1.54) is 0 Å². The van der Waals surface area contributed by atoms with Gasteiger partial charge in [-0.1, -0.05) is 17.7 Å². The zero-order valence-corrected chi connectivity index (χ0v) is 11.0. The van der Waals surface area contributed by atoms with Crippen molar-refractivity contribution in [2.24, 2.45) is 0 Å². The van der Waals surface area contributed by atoms with E-state index >= 15 is 0 Å². The second-order valence-corrected chi connectivity index (χ2v) is 5.03. The van der Waals surface area contributed by atoms with E-state index < -0.39 is 5.60 Å². The number of aliphatic hydroxyl groups is 1. The number of amides is 1. The minimum Gasteiger partial charge on any atom is -0.386 e. The van der Waals surface area contributed by atoms with Crippen LogP contribution in [0.25, 0.3) is 0 Å². The molecule has 4 nitrogen and oxygen atoms in total. The molecule has 1 aliphatic rings. The van der Waals surface area contributed by atoms with E-state index in [-0.39, 0.29) is 19.1 Å². The molecule has 18 heavy (non-hydrogen) atoms. The molecule has 5 heteroatoms. The van der Waals surface area contributed by atoms with Gasteiger partial charge >= 0.3 is 0 Å². The summed E-state index contributed by atoms with van der Waals surface area (Å²) in [5.74, 6) is -0.227. The fraction of sp³-hybridized carbons (Fsp3) is 0.462. The summed E-state index contributed by atoms with van der Waals surface area (Å²) in [7, 11) is 0. The summed E-state index contributed by atoms with van der Waals surface area (Å²) >= 11 is 5.96. The maximum Gasteiger partial charge on any atom is 0.251 e. The Bertz CT molecular complexity index is 456. The van der Waals surface area contributed by atoms with E-state index in [9.17, 15) is 9.90 Å². The monoisotopic (exact) mass is 269 g/mol. The van der Waals surface area contributed by atoms with Crippen LogP contribution in [0.5, 0.6) is 0 Å². The fourth-order valence-corrected chi connectivity index (χ4v) is 2.10. The molecular formula is C13H16ClNO3. The van der Waals surface area contributed by atoms with E-state index in [1.54, 1.807) is 25.1 Å². The average molecular weight is 270 g/mol. The van der Waals surface area contributed by atoms with Crippen molar-refractivity contribution in [3.05, 3.63) is 34.3 Å². The molecule has 0 spiro atoms. The summed E-state index contributed by atoms with van der Waals surface area (Å²) in [4.78, 5) is 12.0. The van der Waals surface area contributed by atoms with Crippen LogP contribution in [0.4, 0.5) is 0 Å². The first-order chi connectivity index (χ1) is 8.52. The highest BCUT2D eigenvalue weighted by Gasteiger charge is 2.32. The van der Waals surface area contributed by atoms with Crippen LogP contribution < -0.4 is 5.32 Å². The third kappa shape index (κ3) is 2.83. The minimum absolute atomic E-state index is 0.192. The number of nitrogens with one attached hydrogen (secondary N) is 1. The standard InChI is InChI=1S/C13H16ClNO3/c1-9-10(3-2-4-11(9)14)12(16)15-7-13(17)5-6-18-8-13/h2-4,17H,5-8H2,1H3,(H,15,16). The topological polar surface area (TPSA) is 58.6 Å². The number of hydrogen-bond donors (Lipinski definition) is 2. The lowest BCUT2D eigenvalue weighted by Gasteiger charge is -2.21. The van der Waals surface area contributed by atoms with Gasteiger partial charge in [0.1, 0.15) is 5.60 Å². The zero-order chi connectivity index (χ0) is 13.2. The van der Waals surface area contributed by atoms with Gasteiger partial charge in [0.15, 0.2) is 0 Å². The molecule has 1 aromatic carbocycles. The zero-order valence-electron chi connectivity index (χ0n) is 10.2. The van der Waals surface area contributed by atoms with Gasteiger partial charge in [0.25, 0.3) is 5.91 Å². The van der Waals surface area contributed by atoms with Crippen LogP contribution in [0.2, 0.25) is 5.02 Å². The predicted octanol–water partition coefficient (Wildman–Crippen LogP) is 1.53. The minimum atomic E-state index is -0.942. The molecule has 0 saturated carbocycles. The molecule has 2 rings (SSSR count). The lowest BCUT2D eigenvalue weighted by atomic mass is 10.0. The van der Waals surface area contributed by atoms with Crippen LogP contribution in [0, 0.1) is 6.92 Å². The number of benzene rings is 1. The molecule has 0 radical (unpaired) electrons. The molecule has 0 aromatic heterocycles. The summed E-state index contributed by atoms with van der Waals surface area (Å²) in [5.41, 5.74) is 0.332. The van der Waals surface area contributed by atoms with Crippen LogP contribution in [0.1, 0.15) is 22.3 Å². The summed E-state index contributed by atoms with van der Waals surface area (Å²) in [5, 5.41) is 13.3. The van der Waals surface area contributed by atoms with Gasteiger partial charge < -0.3 is 15.2 Å². The van der Waals surface area contributed by atoms with Crippen molar-refractivity contribution in [2.45, 2.75) is 18.9 Å². The molecule has 1 saturated heterocycles. The molecule has 1 unspecified atom stereocenters. The highest BCUT2D eigenvalue weighted by Crippen LogP contribution is 2.20. The molecular weight excluding hydrogens is 254 g/mol. The van der Waals surface area contributed by atoms with Crippen molar-refractivity contribution in [1.82, 2.24) is 5.32 Å². The van der Waals surface area contributed by atoms with Crippen LogP contribution in [0.15, 0.2) is 18.2 Å². The first-order valence-corrected chi connectivity index (χ1v) is 6.23. The van der Waals surface area contributed by atoms with E-state index in [0.717, 1.165) is 5.56 Å². The maximum atomic E-state index is 12.0. The lowest BCUT2D eigenvalue weighted by molar-refractivity contribution is 0.0264. The number of rotatable bonds is 3. The SMILES string of the molecule is Cc1c(Cl)cccc1C(=O)NCC1(O)CCOC1. The summed E-state index contributed by atoms with van der Waals surface area (Å²) < 4.78 is 5.12. The van der Waals surface area contributed by atoms with Crippen molar-refractivity contribution < 1.29 is 14.6 Å². The number of carbonyl (C=O) groups is 1. The van der Waals surface area contributed by atoms with Crippen LogP contribution >= 0.6 is 11.6 Å². The smallest absolute Gasteiger partial charge is 0.251 e. The molecule has 1 heterocycles. The lowest BCUT2D eigenvalue weighted by Crippen LogP contribution is -2.43. The predicted molar refractivity (Wildman–Crippen MR) is 68.9 cm³/mol. The quantitative estimate of drug-likeness (QED) is 0.875. The summed E-state index contributed by atoms with van der Waals surface area (Å²) in [6, 6.07) is 5.19. The van der Waals surface area contributed by atoms with Gasteiger partial charge in [-0.15, -0.1) is 0 Å². The van der Waals surface area contributed by atoms with E-state index in [0.29, 0.717) is 23.6 Å². The Morgan fingerprint density at radius 2 is 2.39 bits per heavy atom. The Kier molecular flexibility index (Phi) is 3.90. The molecule has 0 aliphatic carbocycles. The molecule has 98 valence electrons. The fourth-order valence-electron chi connectivity index (χ4n) is 1.93. The first-order valence-electron chi connectivity index (χ1n) is 5.85. The maximum absolute atomic E-state index is 12.0. The van der Waals surface area contributed by atoms with Gasteiger partial charge in [0.05, 0.1) is 6.61 Å². The Morgan fingerprint density at radius 3 is 3.06 bits per heavy atom. The average Bonchev–Trinajstić information content (AvgIpc) is 2.77. The number of hydrogen-bond acceptors (Lipinski definition) is 3. The van der Waals surface area contributed by atoms with Crippen molar-refractivity contribution >= 4 is 17.5 Å². The third-order valence-corrected chi connectivity index (χ3v) is 3.58. The Morgan fingerprint density at radius 1 is 1.61 bits per heavy atom. The van der Waals surface area contributed by atoms with Crippen molar-refractivity contribution in [3.63, 3.8) is 0 Å². The van der Waals surface area contributed by atoms with Crippen LogP contribution in [0.3, 0.4) is 0 Å². The third-order valence-electron chi connectivity index (χ3n) is 3.17. The number of halogens is 1. The molecule has 1 fully saturated rings. The highest BCUT2D eigenvalue weighted by molar-refractivity contribution is 6.31. The van der Waals surface area contributed by atoms with Gasteiger partial charge in [0, 0.05) is 30.2 Å². The Hall–Kier alpha value is -1.10. The van der Waals surface area contributed by atoms with Crippen molar-refractivity contribution in [1.29, 1.82) is 0 Å². The second-order valence-electron chi connectivity index (χ2n) is 4.62. The summed E-state index contributed by atoms with van der Waals surface area (Å²) in [6.07, 6.45) is 0.543. The van der Waals surface area contributed by atoms with Gasteiger partial charge in [-0.2, -0.15) is 0 Å². The van der Waals surface area contributed by atoms with E-state index in [1.807, 2.05) is 0 Å². The molecule has 1 aliphatic heterocycles. The van der Waals surface area contributed by atoms with Gasteiger partial charge in [-0.05, 0) is 24.6 Å². The van der Waals surface area contributed by atoms with E-state index in [2.05, 4.69) is 5.32 Å². The second kappa shape index (κ2) is 5.26. The molecule has 0 bridgehead atoms. The van der Waals surface area contributed by atoms with Crippen molar-refractivity contribution in [2.75, 3.05) is 19.8 Å². The van der Waals surface area contributed by atoms with Gasteiger partial charge in [0.2, 0.25) is 0 Å². The van der Waals surface area contributed by atoms with E-state index in [4.69, 9.17) is 16.3 Å². The van der Waals surface area contributed by atoms with Crippen LogP contribution in [-0.2, 0) is 4.74 Å². The molecule has 1 amide bonds. The Balaban J connectivity index is 2.01. The van der Waals surface area contributed by atoms with Crippen LogP contribution in [-0.4, -0.2) is 36.4 Å². The number of ether oxygens (including phenoxy) is 1. The number of carbonyl (C=O) groups excluding carboxylic acids is 1. The normalized spacial score (nSPS) is 23.1.